The molecule has 0 aromatic heterocycles. The van der Waals surface area contributed by atoms with Gasteiger partial charge in [-0.25, -0.2) is 4.79 Å². The first-order valence-electron chi connectivity index (χ1n) is 5.48. The zero-order chi connectivity index (χ0) is 14.0. The van der Waals surface area contributed by atoms with Gasteiger partial charge in [0.1, 0.15) is 6.73 Å². The molecule has 1 aliphatic rings. The van der Waals surface area contributed by atoms with Gasteiger partial charge in [0.25, 0.3) is 5.91 Å². The summed E-state index contributed by atoms with van der Waals surface area (Å²) in [6.07, 6.45) is 0. The highest BCUT2D eigenvalue weighted by Gasteiger charge is 2.42. The van der Waals surface area contributed by atoms with Gasteiger partial charge in [0.15, 0.2) is 0 Å². The third-order valence-electron chi connectivity index (χ3n) is 2.74. The number of alkyl halides is 2. The van der Waals surface area contributed by atoms with Gasteiger partial charge in [0.05, 0.1) is 13.2 Å². The van der Waals surface area contributed by atoms with Gasteiger partial charge in [-0.15, -0.1) is 0 Å². The fourth-order valence-electron chi connectivity index (χ4n) is 1.77. The van der Waals surface area contributed by atoms with Crippen molar-refractivity contribution >= 4 is 11.9 Å². The molecule has 2 rings (SSSR count). The third kappa shape index (κ3) is 2.70. The molecule has 0 saturated heterocycles. The Bertz CT molecular complexity index is 518. The second kappa shape index (κ2) is 4.93. The average molecular weight is 271 g/mol. The molecule has 5 nitrogen and oxygen atoms in total. The highest BCUT2D eigenvalue weighted by atomic mass is 19.3. The zero-order valence-electron chi connectivity index (χ0n) is 9.81. The quantitative estimate of drug-likeness (QED) is 0.900. The van der Waals surface area contributed by atoms with Crippen LogP contribution >= 0.6 is 0 Å². The molecule has 0 aliphatic carbocycles. The molecule has 0 atom stereocenters. The molecule has 0 radical (unpaired) electrons. The molecule has 102 valence electrons. The van der Waals surface area contributed by atoms with E-state index in [0.717, 1.165) is 0 Å². The number of aliphatic carboxylic acids is 1. The van der Waals surface area contributed by atoms with Gasteiger partial charge in [-0.1, -0.05) is 18.2 Å². The monoisotopic (exact) mass is 271 g/mol. The highest BCUT2D eigenvalue weighted by Crippen LogP contribution is 2.21. The van der Waals surface area contributed by atoms with Crippen LogP contribution in [-0.4, -0.2) is 41.1 Å². The molecule has 19 heavy (non-hydrogen) atoms. The molecule has 0 bridgehead atoms. The van der Waals surface area contributed by atoms with Crippen LogP contribution in [0.2, 0.25) is 0 Å². The summed E-state index contributed by atoms with van der Waals surface area (Å²) < 4.78 is 31.4. The fourth-order valence-corrected chi connectivity index (χ4v) is 1.77. The molecular formula is C12H11F2NO4. The van der Waals surface area contributed by atoms with E-state index in [0.29, 0.717) is 10.5 Å². The Balaban J connectivity index is 2.25. The molecule has 1 aromatic rings. The molecule has 1 aromatic carbocycles. The first-order chi connectivity index (χ1) is 8.92. The summed E-state index contributed by atoms with van der Waals surface area (Å²) in [5, 5.41) is 8.39. The summed E-state index contributed by atoms with van der Waals surface area (Å²) in [5.74, 6) is -6.93. The van der Waals surface area contributed by atoms with E-state index in [1.54, 1.807) is 18.2 Å². The number of rotatable bonds is 3. The van der Waals surface area contributed by atoms with E-state index in [1.807, 2.05) is 0 Å². The van der Waals surface area contributed by atoms with E-state index in [1.165, 1.54) is 6.07 Å². The molecule has 0 spiro atoms. The zero-order valence-corrected chi connectivity index (χ0v) is 9.81. The largest absolute Gasteiger partial charge is 0.477 e. The van der Waals surface area contributed by atoms with E-state index >= 15 is 0 Å². The summed E-state index contributed by atoms with van der Waals surface area (Å²) in [7, 11) is 0. The Morgan fingerprint density at radius 2 is 2.11 bits per heavy atom. The van der Waals surface area contributed by atoms with E-state index in [9.17, 15) is 18.4 Å². The standard InChI is InChI=1S/C12H11F2NO4/c13-12(14,11(17)18)6-15-7-19-5-8-3-1-2-4-9(8)10(15)16/h1-4H,5-7H2,(H,17,18). The average Bonchev–Trinajstić information content (AvgIpc) is 2.50. The first kappa shape index (κ1) is 13.4. The van der Waals surface area contributed by atoms with Crippen molar-refractivity contribution in [3.63, 3.8) is 0 Å². The molecule has 1 aliphatic heterocycles. The van der Waals surface area contributed by atoms with E-state index < -0.39 is 24.3 Å². The minimum absolute atomic E-state index is 0.122. The number of carboxylic acid groups (broad SMARTS) is 1. The lowest BCUT2D eigenvalue weighted by Gasteiger charge is -2.23. The van der Waals surface area contributed by atoms with Gasteiger partial charge < -0.3 is 14.7 Å². The Morgan fingerprint density at radius 3 is 2.79 bits per heavy atom. The lowest BCUT2D eigenvalue weighted by atomic mass is 10.1. The third-order valence-corrected chi connectivity index (χ3v) is 2.74. The number of carbonyl (C=O) groups is 2. The van der Waals surface area contributed by atoms with Crippen LogP contribution in [0, 0.1) is 0 Å². The number of hydrogen-bond donors (Lipinski definition) is 1. The van der Waals surface area contributed by atoms with Crippen molar-refractivity contribution in [2.45, 2.75) is 12.5 Å². The van der Waals surface area contributed by atoms with Gasteiger partial charge >= 0.3 is 11.9 Å². The Hall–Kier alpha value is -2.02. The minimum atomic E-state index is -4.00. The number of benzene rings is 1. The number of nitrogens with zero attached hydrogens (tertiary/aromatic N) is 1. The van der Waals surface area contributed by atoms with E-state index in [4.69, 9.17) is 9.84 Å². The van der Waals surface area contributed by atoms with Gasteiger partial charge in [-0.3, -0.25) is 4.79 Å². The summed E-state index contributed by atoms with van der Waals surface area (Å²) in [5.41, 5.74) is 0.842. The summed E-state index contributed by atoms with van der Waals surface area (Å²) in [4.78, 5) is 23.2. The minimum Gasteiger partial charge on any atom is -0.477 e. The Morgan fingerprint density at radius 1 is 1.42 bits per heavy atom. The predicted octanol–water partition coefficient (Wildman–Crippen LogP) is 1.34. The fraction of sp³-hybridized carbons (Fsp3) is 0.333. The molecule has 0 fully saturated rings. The van der Waals surface area contributed by atoms with Crippen LogP contribution in [0.25, 0.3) is 0 Å². The van der Waals surface area contributed by atoms with Crippen molar-refractivity contribution in [3.8, 4) is 0 Å². The smallest absolute Gasteiger partial charge is 0.376 e. The second-order valence-corrected chi connectivity index (χ2v) is 4.15. The number of hydrogen-bond acceptors (Lipinski definition) is 3. The van der Waals surface area contributed by atoms with Crippen molar-refractivity contribution < 1.29 is 28.2 Å². The van der Waals surface area contributed by atoms with Crippen molar-refractivity contribution in [3.05, 3.63) is 35.4 Å². The number of amides is 1. The van der Waals surface area contributed by atoms with Crippen LogP contribution in [0.15, 0.2) is 24.3 Å². The maximum atomic E-state index is 13.2. The summed E-state index contributed by atoms with van der Waals surface area (Å²) in [6.45, 7) is -1.46. The number of ether oxygens (including phenoxy) is 1. The maximum Gasteiger partial charge on any atom is 0.376 e. The molecule has 0 unspecified atom stereocenters. The van der Waals surface area contributed by atoms with Crippen molar-refractivity contribution in [1.82, 2.24) is 4.90 Å². The number of carboxylic acids is 1. The molecule has 7 heteroatoms. The maximum absolute atomic E-state index is 13.2. The van der Waals surface area contributed by atoms with Gasteiger partial charge in [-0.05, 0) is 11.6 Å². The Kier molecular flexibility index (Phi) is 3.48. The van der Waals surface area contributed by atoms with Crippen molar-refractivity contribution in [2.75, 3.05) is 13.3 Å². The lowest BCUT2D eigenvalue weighted by molar-refractivity contribution is -0.167. The van der Waals surface area contributed by atoms with E-state index in [2.05, 4.69) is 0 Å². The predicted molar refractivity (Wildman–Crippen MR) is 59.7 cm³/mol. The van der Waals surface area contributed by atoms with Crippen molar-refractivity contribution in [1.29, 1.82) is 0 Å². The topological polar surface area (TPSA) is 66.8 Å². The van der Waals surface area contributed by atoms with Crippen molar-refractivity contribution in [2.24, 2.45) is 0 Å². The Labute approximate surface area is 107 Å². The number of fused-ring (bicyclic) bond motifs is 1. The highest BCUT2D eigenvalue weighted by molar-refractivity contribution is 5.96. The molecule has 1 heterocycles. The van der Waals surface area contributed by atoms with Gasteiger partial charge in [-0.2, -0.15) is 8.78 Å². The lowest BCUT2D eigenvalue weighted by Crippen LogP contribution is -2.45. The summed E-state index contributed by atoms with van der Waals surface area (Å²) in [6, 6.07) is 6.47. The molecule has 0 saturated carbocycles. The normalized spacial score (nSPS) is 15.9. The van der Waals surface area contributed by atoms with Gasteiger partial charge in [0.2, 0.25) is 0 Å². The van der Waals surface area contributed by atoms with Crippen LogP contribution in [0.1, 0.15) is 15.9 Å². The van der Waals surface area contributed by atoms with Crippen LogP contribution in [0.4, 0.5) is 8.78 Å². The summed E-state index contributed by atoms with van der Waals surface area (Å²) >= 11 is 0. The van der Waals surface area contributed by atoms with Crippen LogP contribution in [-0.2, 0) is 16.1 Å². The molecule has 1 amide bonds. The van der Waals surface area contributed by atoms with Crippen LogP contribution < -0.4 is 0 Å². The second-order valence-electron chi connectivity index (χ2n) is 4.15. The first-order valence-corrected chi connectivity index (χ1v) is 5.48. The number of halogens is 2. The molecular weight excluding hydrogens is 260 g/mol. The van der Waals surface area contributed by atoms with Crippen LogP contribution in [0.5, 0.6) is 0 Å². The molecule has 1 N–H and O–H groups in total. The van der Waals surface area contributed by atoms with E-state index in [-0.39, 0.29) is 18.9 Å². The number of carbonyl (C=O) groups excluding carboxylic acids is 1. The van der Waals surface area contributed by atoms with Crippen LogP contribution in [0.3, 0.4) is 0 Å². The SMILES string of the molecule is O=C1c2ccccc2COCN1CC(F)(F)C(=O)O. The van der Waals surface area contributed by atoms with Gasteiger partial charge in [0, 0.05) is 5.56 Å².